The third-order valence-electron chi connectivity index (χ3n) is 5.65. The minimum Gasteiger partial charge on any atom is -0.350 e. The number of amides is 1. The maximum atomic E-state index is 13.6. The lowest BCUT2D eigenvalue weighted by Gasteiger charge is -2.34. The van der Waals surface area contributed by atoms with E-state index in [1.165, 1.54) is 12.1 Å². The Morgan fingerprint density at radius 3 is 2.61 bits per heavy atom. The van der Waals surface area contributed by atoms with Crippen molar-refractivity contribution in [2.45, 2.75) is 39.9 Å². The lowest BCUT2D eigenvalue weighted by atomic mass is 9.95. The number of aromatic nitrogens is 3. The summed E-state index contributed by atoms with van der Waals surface area (Å²) >= 11 is 0. The molecule has 3 heterocycles. The van der Waals surface area contributed by atoms with Crippen molar-refractivity contribution in [3.05, 3.63) is 42.1 Å². The fourth-order valence-corrected chi connectivity index (χ4v) is 3.71. The van der Waals surface area contributed by atoms with Crippen molar-refractivity contribution < 1.29 is 18.0 Å². The van der Waals surface area contributed by atoms with Gasteiger partial charge in [-0.3, -0.25) is 4.79 Å². The molecule has 0 saturated carbocycles. The maximum absolute atomic E-state index is 13.6. The Kier molecular flexibility index (Phi) is 5.81. The van der Waals surface area contributed by atoms with E-state index in [4.69, 9.17) is 0 Å². The maximum Gasteiger partial charge on any atom is 0.418 e. The summed E-state index contributed by atoms with van der Waals surface area (Å²) in [5, 5.41) is 10.4. The quantitative estimate of drug-likeness (QED) is 0.613. The van der Waals surface area contributed by atoms with E-state index in [1.807, 2.05) is 12.1 Å². The van der Waals surface area contributed by atoms with Gasteiger partial charge in [0.05, 0.1) is 23.1 Å². The van der Waals surface area contributed by atoms with Crippen LogP contribution in [0, 0.1) is 5.41 Å². The SMILES string of the molecule is C[C@@H]1CNCCN1c1ccc2nc(-c3ccc(C(F)(F)F)c(NC(=O)C(C)(C)C)c3)cn2n1. The van der Waals surface area contributed by atoms with Crippen molar-refractivity contribution in [3.63, 3.8) is 0 Å². The van der Waals surface area contributed by atoms with E-state index in [0.717, 1.165) is 31.5 Å². The van der Waals surface area contributed by atoms with Gasteiger partial charge in [-0.15, -0.1) is 5.10 Å². The molecule has 0 radical (unpaired) electrons. The Hall–Kier alpha value is -3.14. The molecule has 0 aliphatic carbocycles. The Bertz CT molecular complexity index is 1180. The average Bonchev–Trinajstić information content (AvgIpc) is 3.16. The van der Waals surface area contributed by atoms with Crippen molar-refractivity contribution in [2.24, 2.45) is 5.41 Å². The van der Waals surface area contributed by atoms with Crippen LogP contribution in [0.2, 0.25) is 0 Å². The first kappa shape index (κ1) is 23.0. The van der Waals surface area contributed by atoms with Gasteiger partial charge in [0.2, 0.25) is 5.91 Å². The van der Waals surface area contributed by atoms with Crippen LogP contribution in [0.25, 0.3) is 16.9 Å². The number of benzene rings is 1. The van der Waals surface area contributed by atoms with Gasteiger partial charge < -0.3 is 15.5 Å². The number of hydrogen-bond acceptors (Lipinski definition) is 5. The van der Waals surface area contributed by atoms with Gasteiger partial charge in [-0.1, -0.05) is 26.8 Å². The van der Waals surface area contributed by atoms with E-state index in [0.29, 0.717) is 16.9 Å². The number of carbonyl (C=O) groups is 1. The van der Waals surface area contributed by atoms with Crippen molar-refractivity contribution in [3.8, 4) is 11.3 Å². The Morgan fingerprint density at radius 1 is 1.18 bits per heavy atom. The van der Waals surface area contributed by atoms with Crippen LogP contribution >= 0.6 is 0 Å². The van der Waals surface area contributed by atoms with E-state index in [-0.39, 0.29) is 11.7 Å². The van der Waals surface area contributed by atoms with Crippen molar-refractivity contribution in [1.82, 2.24) is 19.9 Å². The number of carbonyl (C=O) groups excluding carboxylic acids is 1. The van der Waals surface area contributed by atoms with Crippen molar-refractivity contribution in [1.29, 1.82) is 0 Å². The topological polar surface area (TPSA) is 74.6 Å². The second-order valence-corrected chi connectivity index (χ2v) is 9.33. The molecule has 33 heavy (non-hydrogen) atoms. The number of nitrogens with zero attached hydrogens (tertiary/aromatic N) is 4. The van der Waals surface area contributed by atoms with Crippen LogP contribution in [0.4, 0.5) is 24.7 Å². The number of imidazole rings is 1. The van der Waals surface area contributed by atoms with Gasteiger partial charge in [-0.05, 0) is 31.2 Å². The number of anilines is 2. The van der Waals surface area contributed by atoms with E-state index in [1.54, 1.807) is 31.5 Å². The third-order valence-corrected chi connectivity index (χ3v) is 5.65. The highest BCUT2D eigenvalue weighted by Crippen LogP contribution is 2.37. The molecule has 4 rings (SSSR count). The highest BCUT2D eigenvalue weighted by Gasteiger charge is 2.35. The number of hydrogen-bond donors (Lipinski definition) is 2. The zero-order valence-corrected chi connectivity index (χ0v) is 19.0. The van der Waals surface area contributed by atoms with Crippen molar-refractivity contribution in [2.75, 3.05) is 29.9 Å². The number of nitrogens with one attached hydrogen (secondary N) is 2. The first-order valence-corrected chi connectivity index (χ1v) is 10.8. The molecule has 7 nitrogen and oxygen atoms in total. The Labute approximate surface area is 190 Å². The fourth-order valence-electron chi connectivity index (χ4n) is 3.71. The number of alkyl halides is 3. The van der Waals surface area contributed by atoms with Gasteiger partial charge in [0, 0.05) is 36.7 Å². The number of fused-ring (bicyclic) bond motifs is 1. The molecule has 2 aromatic heterocycles. The summed E-state index contributed by atoms with van der Waals surface area (Å²) in [6.45, 7) is 9.61. The number of rotatable bonds is 3. The molecule has 176 valence electrons. The van der Waals surface area contributed by atoms with Gasteiger partial charge in [-0.25, -0.2) is 9.50 Å². The van der Waals surface area contributed by atoms with Crippen LogP contribution in [0.15, 0.2) is 36.5 Å². The predicted molar refractivity (Wildman–Crippen MR) is 121 cm³/mol. The molecule has 1 aliphatic rings. The van der Waals surface area contributed by atoms with E-state index < -0.39 is 23.1 Å². The molecule has 1 amide bonds. The first-order chi connectivity index (χ1) is 15.4. The number of piperazine rings is 1. The summed E-state index contributed by atoms with van der Waals surface area (Å²) in [6, 6.07) is 7.67. The molecular weight excluding hydrogens is 433 g/mol. The van der Waals surface area contributed by atoms with E-state index in [2.05, 4.69) is 32.5 Å². The van der Waals surface area contributed by atoms with Gasteiger partial charge in [0.15, 0.2) is 5.65 Å². The van der Waals surface area contributed by atoms with Gasteiger partial charge >= 0.3 is 6.18 Å². The van der Waals surface area contributed by atoms with Crippen LogP contribution in [-0.2, 0) is 11.0 Å². The summed E-state index contributed by atoms with van der Waals surface area (Å²) in [5.41, 5.74) is -0.538. The van der Waals surface area contributed by atoms with Crippen LogP contribution in [0.5, 0.6) is 0 Å². The summed E-state index contributed by atoms with van der Waals surface area (Å²) < 4.78 is 42.3. The van der Waals surface area contributed by atoms with Crippen LogP contribution in [-0.4, -0.2) is 46.2 Å². The molecule has 0 bridgehead atoms. The summed E-state index contributed by atoms with van der Waals surface area (Å²) in [7, 11) is 0. The van der Waals surface area contributed by atoms with Crippen LogP contribution < -0.4 is 15.5 Å². The third kappa shape index (κ3) is 4.80. The molecule has 10 heteroatoms. The molecule has 1 aromatic carbocycles. The second-order valence-electron chi connectivity index (χ2n) is 9.33. The van der Waals surface area contributed by atoms with Crippen LogP contribution in [0.1, 0.15) is 33.3 Å². The first-order valence-electron chi connectivity index (χ1n) is 10.8. The zero-order valence-electron chi connectivity index (χ0n) is 19.0. The molecule has 1 aliphatic heterocycles. The largest absolute Gasteiger partial charge is 0.418 e. The molecule has 0 unspecified atom stereocenters. The summed E-state index contributed by atoms with van der Waals surface area (Å²) in [6.07, 6.45) is -2.92. The number of halogens is 3. The standard InChI is InChI=1S/C23H27F3N6O/c1-14-12-27-9-10-31(14)20-8-7-19-28-18(13-32(19)30-20)15-5-6-16(23(24,25)26)17(11-15)29-21(33)22(2,3)4/h5-8,11,13-14,27H,9-10,12H2,1-4H3,(H,29,33)/t14-/m1/s1. The summed E-state index contributed by atoms with van der Waals surface area (Å²) in [4.78, 5) is 19.1. The highest BCUT2D eigenvalue weighted by molar-refractivity contribution is 5.96. The smallest absolute Gasteiger partial charge is 0.350 e. The van der Waals surface area contributed by atoms with E-state index in [9.17, 15) is 18.0 Å². The zero-order chi connectivity index (χ0) is 24.0. The summed E-state index contributed by atoms with van der Waals surface area (Å²) in [5.74, 6) is 0.308. The minimum atomic E-state index is -4.60. The highest BCUT2D eigenvalue weighted by atomic mass is 19.4. The van der Waals surface area contributed by atoms with Gasteiger partial charge in [0.1, 0.15) is 5.82 Å². The Morgan fingerprint density at radius 2 is 1.94 bits per heavy atom. The lowest BCUT2D eigenvalue weighted by Crippen LogP contribution is -2.50. The van der Waals surface area contributed by atoms with Crippen molar-refractivity contribution >= 4 is 23.1 Å². The van der Waals surface area contributed by atoms with E-state index >= 15 is 0 Å². The average molecular weight is 461 g/mol. The molecular formula is C23H27F3N6O. The molecule has 1 atom stereocenters. The molecule has 2 N–H and O–H groups in total. The van der Waals surface area contributed by atoms with Crippen LogP contribution in [0.3, 0.4) is 0 Å². The monoisotopic (exact) mass is 460 g/mol. The molecule has 3 aromatic rings. The van der Waals surface area contributed by atoms with Gasteiger partial charge in [-0.2, -0.15) is 13.2 Å². The second kappa shape index (κ2) is 8.33. The predicted octanol–water partition coefficient (Wildman–Crippen LogP) is 4.20. The normalized spacial score (nSPS) is 17.4. The molecule has 0 spiro atoms. The fraction of sp³-hybridized carbons (Fsp3) is 0.435. The molecule has 1 saturated heterocycles. The molecule has 1 fully saturated rings. The lowest BCUT2D eigenvalue weighted by molar-refractivity contribution is -0.137. The minimum absolute atomic E-state index is 0.288. The Balaban J connectivity index is 1.71. The van der Waals surface area contributed by atoms with Gasteiger partial charge in [0.25, 0.3) is 0 Å².